The van der Waals surface area contributed by atoms with Crippen LogP contribution < -0.4 is 16.0 Å². The van der Waals surface area contributed by atoms with E-state index in [1.807, 2.05) is 13.8 Å². The van der Waals surface area contributed by atoms with Gasteiger partial charge in [0, 0.05) is 33.4 Å². The van der Waals surface area contributed by atoms with E-state index in [0.29, 0.717) is 25.7 Å². The summed E-state index contributed by atoms with van der Waals surface area (Å²) in [7, 11) is 3.24. The van der Waals surface area contributed by atoms with E-state index in [2.05, 4.69) is 20.9 Å². The second kappa shape index (κ2) is 14.8. The van der Waals surface area contributed by atoms with Crippen molar-refractivity contribution in [2.24, 2.45) is 4.99 Å². The van der Waals surface area contributed by atoms with E-state index in [-0.39, 0.29) is 42.5 Å². The van der Waals surface area contributed by atoms with Gasteiger partial charge in [0.15, 0.2) is 5.96 Å². The van der Waals surface area contributed by atoms with Crippen molar-refractivity contribution in [3.63, 3.8) is 0 Å². The molecule has 0 saturated heterocycles. The number of carbonyl (C=O) groups is 1. The Hall–Kier alpha value is -0.610. The summed E-state index contributed by atoms with van der Waals surface area (Å²) in [6.07, 6.45) is 0. The fraction of sp³-hybridized carbons (Fsp3) is 0.833. The molecule has 1 amide bonds. The molecule has 7 nitrogen and oxygen atoms in total. The smallest absolute Gasteiger partial charge is 0.241 e. The number of amides is 1. The van der Waals surface area contributed by atoms with Gasteiger partial charge in [-0.2, -0.15) is 0 Å². The fourth-order valence-electron chi connectivity index (χ4n) is 1.34. The molecule has 0 aromatic rings. The Morgan fingerprint density at radius 3 is 2.50 bits per heavy atom. The number of halogens is 1. The Morgan fingerprint density at radius 1 is 1.25 bits per heavy atom. The van der Waals surface area contributed by atoms with Gasteiger partial charge in [0.25, 0.3) is 0 Å². The van der Waals surface area contributed by atoms with Crippen LogP contribution in [-0.4, -0.2) is 65.0 Å². The lowest BCUT2D eigenvalue weighted by Gasteiger charge is -2.16. The highest BCUT2D eigenvalue weighted by atomic mass is 127. The van der Waals surface area contributed by atoms with Crippen LogP contribution >= 0.6 is 24.0 Å². The summed E-state index contributed by atoms with van der Waals surface area (Å²) in [6.45, 7) is 6.33. The lowest BCUT2D eigenvalue weighted by Crippen LogP contribution is -2.44. The van der Waals surface area contributed by atoms with Crippen LogP contribution in [0.5, 0.6) is 0 Å². The van der Waals surface area contributed by atoms with Crippen LogP contribution in [-0.2, 0) is 14.3 Å². The van der Waals surface area contributed by atoms with Crippen molar-refractivity contribution in [1.29, 1.82) is 0 Å². The van der Waals surface area contributed by atoms with Gasteiger partial charge in [-0.15, -0.1) is 24.0 Å². The zero-order chi connectivity index (χ0) is 14.5. The monoisotopic (exact) mass is 402 g/mol. The van der Waals surface area contributed by atoms with Gasteiger partial charge in [-0.1, -0.05) is 0 Å². The summed E-state index contributed by atoms with van der Waals surface area (Å²) < 4.78 is 9.88. The molecule has 0 heterocycles. The molecule has 1 atom stereocenters. The highest BCUT2D eigenvalue weighted by Gasteiger charge is 2.05. The number of methoxy groups -OCH3 is 2. The van der Waals surface area contributed by atoms with E-state index >= 15 is 0 Å². The van der Waals surface area contributed by atoms with Gasteiger partial charge in [0.1, 0.15) is 6.54 Å². The molecule has 0 bridgehead atoms. The van der Waals surface area contributed by atoms with E-state index < -0.39 is 0 Å². The van der Waals surface area contributed by atoms with Crippen molar-refractivity contribution >= 4 is 35.8 Å². The molecule has 0 aliphatic rings. The number of carbonyl (C=O) groups excluding carboxylic acids is 1. The van der Waals surface area contributed by atoms with E-state index in [9.17, 15) is 4.79 Å². The van der Waals surface area contributed by atoms with Gasteiger partial charge >= 0.3 is 0 Å². The van der Waals surface area contributed by atoms with E-state index in [1.54, 1.807) is 14.2 Å². The Balaban J connectivity index is 0. The number of nitrogens with zero attached hydrogens (tertiary/aromatic N) is 1. The summed E-state index contributed by atoms with van der Waals surface area (Å²) in [6, 6.07) is 0.124. The fourth-order valence-corrected chi connectivity index (χ4v) is 1.34. The van der Waals surface area contributed by atoms with E-state index in [4.69, 9.17) is 9.47 Å². The molecular weight excluding hydrogens is 375 g/mol. The minimum absolute atomic E-state index is 0. The summed E-state index contributed by atoms with van der Waals surface area (Å²) >= 11 is 0. The third-order valence-electron chi connectivity index (χ3n) is 2.15. The molecule has 0 aliphatic carbocycles. The van der Waals surface area contributed by atoms with Gasteiger partial charge in [0.2, 0.25) is 5.91 Å². The van der Waals surface area contributed by atoms with Gasteiger partial charge in [-0.05, 0) is 13.8 Å². The van der Waals surface area contributed by atoms with Gasteiger partial charge in [0.05, 0.1) is 13.2 Å². The predicted molar refractivity (Wildman–Crippen MR) is 90.8 cm³/mol. The van der Waals surface area contributed by atoms with Crippen LogP contribution in [0.2, 0.25) is 0 Å². The quantitative estimate of drug-likeness (QED) is 0.218. The summed E-state index contributed by atoms with van der Waals surface area (Å²) in [5, 5.41) is 8.93. The van der Waals surface area contributed by atoms with Gasteiger partial charge < -0.3 is 25.4 Å². The number of aliphatic imine (C=N–C) groups is 1. The minimum Gasteiger partial charge on any atom is -0.383 e. The number of ether oxygens (including phenoxy) is 2. The first-order chi connectivity index (χ1) is 9.13. The molecule has 1 unspecified atom stereocenters. The largest absolute Gasteiger partial charge is 0.383 e. The van der Waals surface area contributed by atoms with Crippen LogP contribution in [0.4, 0.5) is 0 Å². The van der Waals surface area contributed by atoms with Gasteiger partial charge in [-0.25, -0.2) is 4.99 Å². The Bertz CT molecular complexity index is 277. The maximum absolute atomic E-state index is 11.5. The molecule has 0 rings (SSSR count). The molecule has 0 aromatic heterocycles. The molecule has 0 aromatic carbocycles. The third kappa shape index (κ3) is 12.4. The van der Waals surface area contributed by atoms with Crippen LogP contribution in [0.15, 0.2) is 4.99 Å². The van der Waals surface area contributed by atoms with Crippen molar-refractivity contribution < 1.29 is 14.3 Å². The molecule has 0 fully saturated rings. The van der Waals surface area contributed by atoms with Crippen molar-refractivity contribution in [1.82, 2.24) is 16.0 Å². The van der Waals surface area contributed by atoms with E-state index in [0.717, 1.165) is 6.54 Å². The standard InChI is InChI=1S/C12H26N4O3.HI/c1-5-13-12(16-10(2)9-19-4)15-8-11(17)14-6-7-18-3;/h10H,5-9H2,1-4H3,(H,14,17)(H2,13,15,16);1H. The summed E-state index contributed by atoms with van der Waals surface area (Å²) in [5.41, 5.74) is 0. The van der Waals surface area contributed by atoms with Crippen LogP contribution in [0.3, 0.4) is 0 Å². The van der Waals surface area contributed by atoms with Crippen molar-refractivity contribution in [3.8, 4) is 0 Å². The minimum atomic E-state index is -0.131. The molecule has 8 heteroatoms. The Labute approximate surface area is 138 Å². The molecule has 3 N–H and O–H groups in total. The Kier molecular flexibility index (Phi) is 16.0. The Morgan fingerprint density at radius 2 is 1.95 bits per heavy atom. The van der Waals surface area contributed by atoms with E-state index in [1.165, 1.54) is 0 Å². The molecule has 0 aliphatic heterocycles. The number of hydrogen-bond donors (Lipinski definition) is 3. The molecule has 120 valence electrons. The molecule has 0 saturated carbocycles. The summed E-state index contributed by atoms with van der Waals surface area (Å²) in [4.78, 5) is 15.7. The summed E-state index contributed by atoms with van der Waals surface area (Å²) in [5.74, 6) is 0.475. The van der Waals surface area contributed by atoms with Crippen molar-refractivity contribution in [2.75, 3.05) is 47.1 Å². The number of nitrogens with one attached hydrogen (secondary N) is 3. The maximum atomic E-state index is 11.5. The van der Waals surface area contributed by atoms with Crippen LogP contribution in [0.25, 0.3) is 0 Å². The third-order valence-corrected chi connectivity index (χ3v) is 2.15. The number of hydrogen-bond acceptors (Lipinski definition) is 4. The molecule has 0 radical (unpaired) electrons. The van der Waals surface area contributed by atoms with Crippen molar-refractivity contribution in [3.05, 3.63) is 0 Å². The molecule has 20 heavy (non-hydrogen) atoms. The highest BCUT2D eigenvalue weighted by molar-refractivity contribution is 14.0. The number of guanidine groups is 1. The van der Waals surface area contributed by atoms with Crippen LogP contribution in [0, 0.1) is 0 Å². The first kappa shape index (κ1) is 21.7. The number of rotatable bonds is 9. The normalized spacial score (nSPS) is 12.3. The lowest BCUT2D eigenvalue weighted by molar-refractivity contribution is -0.119. The van der Waals surface area contributed by atoms with Crippen LogP contribution in [0.1, 0.15) is 13.8 Å². The highest BCUT2D eigenvalue weighted by Crippen LogP contribution is 1.83. The van der Waals surface area contributed by atoms with Gasteiger partial charge in [-0.3, -0.25) is 4.79 Å². The maximum Gasteiger partial charge on any atom is 0.241 e. The zero-order valence-corrected chi connectivity index (χ0v) is 15.0. The van der Waals surface area contributed by atoms with Crippen molar-refractivity contribution in [2.45, 2.75) is 19.9 Å². The SMILES string of the molecule is CCNC(=NCC(=O)NCCOC)NC(C)COC.I. The molecular formula is C12H27IN4O3. The second-order valence-electron chi connectivity index (χ2n) is 4.04. The average Bonchev–Trinajstić information content (AvgIpc) is 2.37. The topological polar surface area (TPSA) is 84.0 Å². The lowest BCUT2D eigenvalue weighted by atomic mass is 10.4. The predicted octanol–water partition coefficient (Wildman–Crippen LogP) is -0.0430. The molecule has 0 spiro atoms. The first-order valence-electron chi connectivity index (χ1n) is 6.43. The first-order valence-corrected chi connectivity index (χ1v) is 6.43. The average molecular weight is 402 g/mol. The second-order valence-corrected chi connectivity index (χ2v) is 4.04. The zero-order valence-electron chi connectivity index (χ0n) is 12.7.